The van der Waals surface area contributed by atoms with Crippen molar-refractivity contribution in [3.05, 3.63) is 36.1 Å². The van der Waals surface area contributed by atoms with Crippen molar-refractivity contribution in [2.75, 3.05) is 6.61 Å². The Morgan fingerprint density at radius 3 is 2.60 bits per heavy atom. The zero-order valence-corrected chi connectivity index (χ0v) is 6.04. The maximum absolute atomic E-state index is 9.00. The second-order valence-electron chi connectivity index (χ2n) is 1.84. The highest BCUT2D eigenvalue weighted by Gasteiger charge is 1.93. The van der Waals surface area contributed by atoms with Gasteiger partial charge in [-0.05, 0) is 13.0 Å². The van der Waals surface area contributed by atoms with Gasteiger partial charge in [0.2, 0.25) is 0 Å². The van der Waals surface area contributed by atoms with Crippen LogP contribution in [0.25, 0.3) is 0 Å². The van der Waals surface area contributed by atoms with Gasteiger partial charge in [0.1, 0.15) is 5.76 Å². The van der Waals surface area contributed by atoms with Gasteiger partial charge in [-0.2, -0.15) is 0 Å². The minimum Gasteiger partial charge on any atom is -0.508 e. The third-order valence-electron chi connectivity index (χ3n) is 1.000. The van der Waals surface area contributed by atoms with Gasteiger partial charge in [0.15, 0.2) is 0 Å². The molecule has 0 aromatic heterocycles. The van der Waals surface area contributed by atoms with Crippen LogP contribution < -0.4 is 0 Å². The molecule has 0 heterocycles. The van der Waals surface area contributed by atoms with E-state index in [1.54, 1.807) is 12.2 Å². The first kappa shape index (κ1) is 8.98. The summed E-state index contributed by atoms with van der Waals surface area (Å²) in [5.41, 5.74) is 0.332. The topological polar surface area (TPSA) is 40.5 Å². The normalized spacial score (nSPS) is 12.4. The van der Waals surface area contributed by atoms with E-state index >= 15 is 0 Å². The molecule has 0 aliphatic heterocycles. The monoisotopic (exact) mass is 140 g/mol. The molecule has 2 N–H and O–H groups in total. The minimum absolute atomic E-state index is 0.0283. The van der Waals surface area contributed by atoms with Crippen LogP contribution in [0.1, 0.15) is 6.92 Å². The van der Waals surface area contributed by atoms with E-state index in [0.29, 0.717) is 5.57 Å². The maximum atomic E-state index is 9.00. The van der Waals surface area contributed by atoms with Crippen LogP contribution in [0.15, 0.2) is 36.1 Å². The van der Waals surface area contributed by atoms with Gasteiger partial charge in [-0.3, -0.25) is 0 Å². The molecule has 2 heteroatoms. The molecule has 0 radical (unpaired) electrons. The number of aliphatic hydroxyl groups excluding tert-OH is 2. The van der Waals surface area contributed by atoms with Crippen LogP contribution >= 0.6 is 0 Å². The average Bonchev–Trinajstić information content (AvgIpc) is 1.98. The van der Waals surface area contributed by atoms with Gasteiger partial charge in [0.25, 0.3) is 0 Å². The van der Waals surface area contributed by atoms with Crippen molar-refractivity contribution in [1.29, 1.82) is 0 Å². The predicted molar refractivity (Wildman–Crippen MR) is 41.8 cm³/mol. The van der Waals surface area contributed by atoms with Crippen molar-refractivity contribution in [2.24, 2.45) is 0 Å². The van der Waals surface area contributed by atoms with Crippen molar-refractivity contribution in [2.45, 2.75) is 6.92 Å². The highest BCUT2D eigenvalue weighted by Crippen LogP contribution is 2.01. The fourth-order valence-electron chi connectivity index (χ4n) is 0.386. The summed E-state index contributed by atoms with van der Waals surface area (Å²) in [6.07, 6.45) is 4.94. The summed E-state index contributed by atoms with van der Waals surface area (Å²) < 4.78 is 0. The Hall–Kier alpha value is -1.02. The molecule has 0 saturated heterocycles. The molecule has 0 aromatic rings. The Bertz CT molecular complexity index is 166. The molecule has 0 saturated carbocycles. The number of aliphatic hydroxyl groups is 2. The van der Waals surface area contributed by atoms with Crippen molar-refractivity contribution in [3.63, 3.8) is 0 Å². The Kier molecular flexibility index (Phi) is 4.33. The molecular weight excluding hydrogens is 128 g/mol. The maximum Gasteiger partial charge on any atom is 0.120 e. The summed E-state index contributed by atoms with van der Waals surface area (Å²) in [5.74, 6) is 0.0283. The Morgan fingerprint density at radius 1 is 1.60 bits per heavy atom. The largest absolute Gasteiger partial charge is 0.508 e. The van der Waals surface area contributed by atoms with Crippen molar-refractivity contribution in [3.8, 4) is 0 Å². The lowest BCUT2D eigenvalue weighted by molar-refractivity contribution is 0.315. The van der Waals surface area contributed by atoms with Crippen LogP contribution in [0.5, 0.6) is 0 Å². The van der Waals surface area contributed by atoms with Gasteiger partial charge in [-0.1, -0.05) is 18.7 Å². The fraction of sp³-hybridized carbons (Fsp3) is 0.250. The summed E-state index contributed by atoms with van der Waals surface area (Å²) >= 11 is 0. The number of rotatable bonds is 3. The van der Waals surface area contributed by atoms with Gasteiger partial charge in [-0.15, -0.1) is 0 Å². The van der Waals surface area contributed by atoms with Crippen LogP contribution in [-0.4, -0.2) is 16.8 Å². The molecule has 0 spiro atoms. The van der Waals surface area contributed by atoms with E-state index in [1.807, 2.05) is 6.92 Å². The second kappa shape index (κ2) is 4.82. The van der Waals surface area contributed by atoms with Gasteiger partial charge in [0.05, 0.1) is 6.61 Å². The Balaban J connectivity index is 4.05. The van der Waals surface area contributed by atoms with Crippen LogP contribution in [0, 0.1) is 0 Å². The van der Waals surface area contributed by atoms with E-state index in [9.17, 15) is 0 Å². The van der Waals surface area contributed by atoms with E-state index < -0.39 is 0 Å². The van der Waals surface area contributed by atoms with E-state index in [2.05, 4.69) is 6.58 Å². The van der Waals surface area contributed by atoms with Crippen LogP contribution in [0.2, 0.25) is 0 Å². The van der Waals surface area contributed by atoms with E-state index in [1.165, 1.54) is 6.08 Å². The third-order valence-corrected chi connectivity index (χ3v) is 1.000. The molecule has 0 fully saturated rings. The van der Waals surface area contributed by atoms with Crippen molar-refractivity contribution < 1.29 is 10.2 Å². The minimum atomic E-state index is -0.208. The molecule has 0 aliphatic carbocycles. The fourth-order valence-corrected chi connectivity index (χ4v) is 0.386. The molecule has 2 nitrogen and oxygen atoms in total. The van der Waals surface area contributed by atoms with Gasteiger partial charge >= 0.3 is 0 Å². The molecule has 0 rings (SSSR count). The van der Waals surface area contributed by atoms with E-state index in [-0.39, 0.29) is 12.4 Å². The zero-order chi connectivity index (χ0) is 7.98. The first-order chi connectivity index (χ1) is 4.72. The van der Waals surface area contributed by atoms with Gasteiger partial charge in [-0.25, -0.2) is 0 Å². The molecule has 0 bridgehead atoms. The van der Waals surface area contributed by atoms with Crippen molar-refractivity contribution >= 4 is 0 Å². The molecule has 56 valence electrons. The summed E-state index contributed by atoms with van der Waals surface area (Å²) in [6, 6.07) is 0. The predicted octanol–water partition coefficient (Wildman–Crippen LogP) is 1.55. The molecule has 0 amide bonds. The summed E-state index contributed by atoms with van der Waals surface area (Å²) in [7, 11) is 0. The lowest BCUT2D eigenvalue weighted by atomic mass is 10.2. The van der Waals surface area contributed by atoms with Crippen LogP contribution in [0.4, 0.5) is 0 Å². The quantitative estimate of drug-likeness (QED) is 0.461. The van der Waals surface area contributed by atoms with Gasteiger partial charge < -0.3 is 10.2 Å². The molecule has 0 aliphatic rings. The Morgan fingerprint density at radius 2 is 2.20 bits per heavy atom. The number of hydrogen-bond acceptors (Lipinski definition) is 2. The molecule has 0 unspecified atom stereocenters. The molecule has 0 atom stereocenters. The van der Waals surface area contributed by atoms with Crippen molar-refractivity contribution in [1.82, 2.24) is 0 Å². The number of hydrogen-bond donors (Lipinski definition) is 2. The Labute approximate surface area is 60.8 Å². The summed E-state index contributed by atoms with van der Waals surface area (Å²) in [4.78, 5) is 0. The van der Waals surface area contributed by atoms with E-state index in [4.69, 9.17) is 10.2 Å². The van der Waals surface area contributed by atoms with E-state index in [0.717, 1.165) is 0 Å². The smallest absolute Gasteiger partial charge is 0.120 e. The highest BCUT2D eigenvalue weighted by molar-refractivity contribution is 5.25. The van der Waals surface area contributed by atoms with Crippen LogP contribution in [-0.2, 0) is 0 Å². The summed E-state index contributed by atoms with van der Waals surface area (Å²) in [5, 5.41) is 17.5. The highest BCUT2D eigenvalue weighted by atomic mass is 16.3. The first-order valence-electron chi connectivity index (χ1n) is 3.03. The zero-order valence-electron chi connectivity index (χ0n) is 6.04. The standard InChI is InChI=1S/C8H12O2/c1-3-4-5-8(10)7(2)6-9/h3-5,9-10H,2,6H2,1H3/b4-3-,8-5+. The third kappa shape index (κ3) is 3.10. The first-order valence-corrected chi connectivity index (χ1v) is 3.03. The second-order valence-corrected chi connectivity index (χ2v) is 1.84. The number of allylic oxidation sites excluding steroid dienone is 3. The molecular formula is C8H12O2. The average molecular weight is 140 g/mol. The summed E-state index contributed by atoms with van der Waals surface area (Å²) in [6.45, 7) is 5.05. The lowest BCUT2D eigenvalue weighted by Gasteiger charge is -1.96. The van der Waals surface area contributed by atoms with Gasteiger partial charge in [0, 0.05) is 5.57 Å². The van der Waals surface area contributed by atoms with Crippen LogP contribution in [0.3, 0.4) is 0 Å². The molecule has 0 aromatic carbocycles. The molecule has 10 heavy (non-hydrogen) atoms. The SMILES string of the molecule is C=C(CO)/C(O)=C\C=C/C. The lowest BCUT2D eigenvalue weighted by Crippen LogP contribution is -1.91.